The predicted octanol–water partition coefficient (Wildman–Crippen LogP) is 6.26. The van der Waals surface area contributed by atoms with E-state index >= 15 is 0 Å². The van der Waals surface area contributed by atoms with Gasteiger partial charge in [-0.3, -0.25) is 19.9 Å². The highest BCUT2D eigenvalue weighted by molar-refractivity contribution is 6.30. The molecule has 1 aliphatic heterocycles. The maximum atomic E-state index is 14.7. The van der Waals surface area contributed by atoms with Crippen LogP contribution < -0.4 is 16.0 Å². The Morgan fingerprint density at radius 1 is 1.16 bits per heavy atom. The largest absolute Gasteiger partial charge is 0.453 e. The van der Waals surface area contributed by atoms with Crippen LogP contribution in [0.5, 0.6) is 0 Å². The molecule has 4 aromatic rings. The molecule has 5 rings (SSSR count). The van der Waals surface area contributed by atoms with Crippen molar-refractivity contribution >= 4 is 53.3 Å². The number of halogens is 3. The predicted molar refractivity (Wildman–Crippen MR) is 166 cm³/mol. The van der Waals surface area contributed by atoms with Gasteiger partial charge in [0.25, 0.3) is 5.91 Å². The maximum absolute atomic E-state index is 14.7. The molecule has 230 valence electrons. The van der Waals surface area contributed by atoms with E-state index in [1.165, 1.54) is 23.9 Å². The van der Waals surface area contributed by atoms with E-state index in [-0.39, 0.29) is 40.6 Å². The number of anilines is 2. The third kappa shape index (κ3) is 6.81. The second-order valence-electron chi connectivity index (χ2n) is 10.2. The highest BCUT2D eigenvalue weighted by atomic mass is 35.5. The molecule has 0 saturated heterocycles. The molecule has 3 amide bonds. The summed E-state index contributed by atoms with van der Waals surface area (Å²) in [6, 6.07) is 12.8. The Hall–Kier alpha value is -4.55. The standard InChI is InChI=1S/C30H29ClFN7O4.ClH/c1-16-6-4-8-22(35-29(41)27-17(2)39(38-37-27)25-9-5-7-21(31)26(25)32)24-14-18(12-13-33-24)20-11-10-19(34-30(42)43-3)15-23(20)36-28(16)40;/h5,7,9-16,22H,4,6,8H2,1-3H3,(H,34,42)(H,35,41)(H,36,40);1H/t16-,22+;/m1./s1. The van der Waals surface area contributed by atoms with E-state index < -0.39 is 23.9 Å². The SMILES string of the molecule is COC(=O)Nc1ccc2c(c1)NC(=O)[C@H](C)CCC[C@H](NC(=O)c1nnn(-c3cccc(Cl)c3F)c1C)c1cc-2ccn1.Cl. The maximum Gasteiger partial charge on any atom is 0.411 e. The molecule has 2 bridgehead atoms. The highest BCUT2D eigenvalue weighted by Crippen LogP contribution is 2.34. The number of nitrogens with zero attached hydrogens (tertiary/aromatic N) is 4. The summed E-state index contributed by atoms with van der Waals surface area (Å²) in [7, 11) is 1.27. The lowest BCUT2D eigenvalue weighted by Gasteiger charge is -2.22. The topological polar surface area (TPSA) is 140 Å². The molecule has 0 unspecified atom stereocenters. The number of rotatable bonds is 4. The van der Waals surface area contributed by atoms with Gasteiger partial charge < -0.3 is 15.4 Å². The first-order valence-electron chi connectivity index (χ1n) is 13.6. The number of methoxy groups -OCH3 is 1. The van der Waals surface area contributed by atoms with E-state index in [0.29, 0.717) is 47.6 Å². The summed E-state index contributed by atoms with van der Waals surface area (Å²) in [5.41, 5.74) is 3.46. The molecule has 3 N–H and O–H groups in total. The number of amides is 3. The Labute approximate surface area is 263 Å². The van der Waals surface area contributed by atoms with Gasteiger partial charge in [-0.15, -0.1) is 17.5 Å². The van der Waals surface area contributed by atoms with Gasteiger partial charge in [-0.05, 0) is 61.7 Å². The van der Waals surface area contributed by atoms with Crippen LogP contribution in [0.2, 0.25) is 5.02 Å². The quantitative estimate of drug-likeness (QED) is 0.239. The molecule has 11 nitrogen and oxygen atoms in total. The first-order valence-corrected chi connectivity index (χ1v) is 14.0. The fraction of sp³-hybridized carbons (Fsp3) is 0.267. The fourth-order valence-electron chi connectivity index (χ4n) is 4.91. The Morgan fingerprint density at radius 2 is 1.95 bits per heavy atom. The minimum absolute atomic E-state index is 0. The van der Waals surface area contributed by atoms with E-state index in [2.05, 4.69) is 36.0 Å². The number of aromatic nitrogens is 4. The molecule has 0 fully saturated rings. The minimum Gasteiger partial charge on any atom is -0.453 e. The van der Waals surface area contributed by atoms with Crippen LogP contribution in [-0.4, -0.2) is 45.0 Å². The number of hydrogen-bond donors (Lipinski definition) is 3. The van der Waals surface area contributed by atoms with Gasteiger partial charge in [0, 0.05) is 23.4 Å². The number of carbonyl (C=O) groups is 3. The lowest BCUT2D eigenvalue weighted by atomic mass is 9.95. The molecule has 0 saturated carbocycles. The average Bonchev–Trinajstić information content (AvgIpc) is 3.38. The van der Waals surface area contributed by atoms with Crippen LogP contribution in [0.4, 0.5) is 20.6 Å². The van der Waals surface area contributed by atoms with Crippen molar-refractivity contribution in [3.8, 4) is 16.8 Å². The number of fused-ring (bicyclic) bond motifs is 4. The smallest absolute Gasteiger partial charge is 0.411 e. The van der Waals surface area contributed by atoms with E-state index in [4.69, 9.17) is 11.6 Å². The van der Waals surface area contributed by atoms with Gasteiger partial charge in [-0.2, -0.15) is 0 Å². The van der Waals surface area contributed by atoms with Crippen molar-refractivity contribution in [3.63, 3.8) is 0 Å². The summed E-state index contributed by atoms with van der Waals surface area (Å²) in [4.78, 5) is 42.9. The van der Waals surface area contributed by atoms with Crippen LogP contribution >= 0.6 is 24.0 Å². The van der Waals surface area contributed by atoms with Crippen LogP contribution in [0, 0.1) is 18.7 Å². The third-order valence-corrected chi connectivity index (χ3v) is 7.60. The zero-order valence-electron chi connectivity index (χ0n) is 24.1. The van der Waals surface area contributed by atoms with Crippen molar-refractivity contribution in [1.82, 2.24) is 25.3 Å². The molecular weight excluding hydrogens is 612 g/mol. The molecule has 0 radical (unpaired) electrons. The van der Waals surface area contributed by atoms with Crippen molar-refractivity contribution in [2.24, 2.45) is 5.92 Å². The summed E-state index contributed by atoms with van der Waals surface area (Å²) >= 11 is 5.94. The number of pyridine rings is 1. The number of nitrogens with one attached hydrogen (secondary N) is 3. The monoisotopic (exact) mass is 641 g/mol. The molecule has 3 heterocycles. The molecular formula is C30H30Cl2FN7O4. The lowest BCUT2D eigenvalue weighted by Crippen LogP contribution is -2.30. The summed E-state index contributed by atoms with van der Waals surface area (Å²) in [5, 5.41) is 16.6. The minimum atomic E-state index is -0.670. The van der Waals surface area contributed by atoms with Crippen LogP contribution in [0.25, 0.3) is 16.8 Å². The second kappa shape index (κ2) is 13.8. The average molecular weight is 643 g/mol. The highest BCUT2D eigenvalue weighted by Gasteiger charge is 2.25. The van der Waals surface area contributed by atoms with Crippen molar-refractivity contribution in [3.05, 3.63) is 82.6 Å². The van der Waals surface area contributed by atoms with E-state index in [0.717, 1.165) is 5.56 Å². The Balaban J connectivity index is 0.00000442. The molecule has 2 aromatic heterocycles. The van der Waals surface area contributed by atoms with Crippen LogP contribution in [0.3, 0.4) is 0 Å². The van der Waals surface area contributed by atoms with Gasteiger partial charge in [-0.1, -0.05) is 42.3 Å². The summed E-state index contributed by atoms with van der Waals surface area (Å²) < 4.78 is 20.6. The van der Waals surface area contributed by atoms with Crippen LogP contribution in [-0.2, 0) is 9.53 Å². The first-order chi connectivity index (χ1) is 20.7. The van der Waals surface area contributed by atoms with Gasteiger partial charge >= 0.3 is 6.09 Å². The third-order valence-electron chi connectivity index (χ3n) is 7.31. The Bertz CT molecular complexity index is 1710. The van der Waals surface area contributed by atoms with Crippen LogP contribution in [0.15, 0.2) is 54.7 Å². The fourth-order valence-corrected chi connectivity index (χ4v) is 5.08. The number of carbonyl (C=O) groups excluding carboxylic acids is 3. The van der Waals surface area contributed by atoms with Gasteiger partial charge in [0.15, 0.2) is 11.5 Å². The summed E-state index contributed by atoms with van der Waals surface area (Å²) in [5.74, 6) is -1.68. The number of ether oxygens (including phenoxy) is 1. The van der Waals surface area contributed by atoms with Crippen molar-refractivity contribution in [2.75, 3.05) is 17.7 Å². The van der Waals surface area contributed by atoms with Gasteiger partial charge in [0.2, 0.25) is 5.91 Å². The Kier molecular flexibility index (Phi) is 10.2. The number of hydrogen-bond acceptors (Lipinski definition) is 7. The zero-order chi connectivity index (χ0) is 30.7. The van der Waals surface area contributed by atoms with Gasteiger partial charge in [0.05, 0.1) is 35.2 Å². The molecule has 44 heavy (non-hydrogen) atoms. The number of benzene rings is 2. The van der Waals surface area contributed by atoms with Crippen LogP contribution in [0.1, 0.15) is 54.1 Å². The normalized spacial score (nSPS) is 16.2. The van der Waals surface area contributed by atoms with Crippen molar-refractivity contribution < 1.29 is 23.5 Å². The van der Waals surface area contributed by atoms with Crippen molar-refractivity contribution in [1.29, 1.82) is 0 Å². The molecule has 0 spiro atoms. The molecule has 14 heteroatoms. The van der Waals surface area contributed by atoms with Crippen molar-refractivity contribution in [2.45, 2.75) is 39.2 Å². The lowest BCUT2D eigenvalue weighted by molar-refractivity contribution is -0.119. The van der Waals surface area contributed by atoms with E-state index in [1.807, 2.05) is 13.0 Å². The summed E-state index contributed by atoms with van der Waals surface area (Å²) in [6.45, 7) is 3.45. The first kappa shape index (κ1) is 32.4. The van der Waals surface area contributed by atoms with E-state index in [9.17, 15) is 18.8 Å². The zero-order valence-corrected chi connectivity index (χ0v) is 25.6. The molecule has 1 aliphatic rings. The van der Waals surface area contributed by atoms with Gasteiger partial charge in [-0.25, -0.2) is 13.9 Å². The Morgan fingerprint density at radius 3 is 2.73 bits per heavy atom. The molecule has 2 aromatic carbocycles. The second-order valence-corrected chi connectivity index (χ2v) is 10.6. The van der Waals surface area contributed by atoms with Gasteiger partial charge in [0.1, 0.15) is 5.69 Å². The van der Waals surface area contributed by atoms with E-state index in [1.54, 1.807) is 43.5 Å². The summed E-state index contributed by atoms with van der Waals surface area (Å²) in [6.07, 6.45) is 2.67. The molecule has 2 atom stereocenters. The molecule has 0 aliphatic carbocycles.